The van der Waals surface area contributed by atoms with E-state index in [1.165, 1.54) is 12.8 Å². The zero-order valence-corrected chi connectivity index (χ0v) is 11.8. The van der Waals surface area contributed by atoms with E-state index in [9.17, 15) is 4.79 Å². The molecular weight excluding hydrogens is 250 g/mol. The third-order valence-electron chi connectivity index (χ3n) is 4.28. The molecule has 4 nitrogen and oxygen atoms in total. The Balaban J connectivity index is 1.45. The third-order valence-corrected chi connectivity index (χ3v) is 4.28. The molecule has 2 aliphatic rings. The highest BCUT2D eigenvalue weighted by Crippen LogP contribution is 2.29. The normalized spacial score (nSPS) is 24.6. The fourth-order valence-corrected chi connectivity index (χ4v) is 2.98. The Morgan fingerprint density at radius 1 is 1.30 bits per heavy atom. The van der Waals surface area contributed by atoms with Crippen LogP contribution < -0.4 is 11.1 Å². The molecule has 2 atom stereocenters. The van der Waals surface area contributed by atoms with Gasteiger partial charge >= 0.3 is 0 Å². The van der Waals surface area contributed by atoms with Crippen LogP contribution in [-0.2, 0) is 4.79 Å². The number of likely N-dealkylation sites (tertiary alicyclic amines) is 1. The number of carbonyl (C=O) groups is 1. The number of benzene rings is 1. The second-order valence-corrected chi connectivity index (χ2v) is 6.00. The van der Waals surface area contributed by atoms with E-state index < -0.39 is 0 Å². The number of nitrogens with two attached hydrogens (primary N) is 1. The van der Waals surface area contributed by atoms with Gasteiger partial charge in [0.25, 0.3) is 0 Å². The van der Waals surface area contributed by atoms with Crippen LogP contribution >= 0.6 is 0 Å². The molecule has 1 saturated carbocycles. The van der Waals surface area contributed by atoms with Crippen LogP contribution in [-0.4, -0.2) is 36.0 Å². The smallest absolute Gasteiger partial charge is 0.222 e. The fraction of sp³-hybridized carbons (Fsp3) is 0.562. The van der Waals surface area contributed by atoms with E-state index in [1.54, 1.807) is 0 Å². The third kappa shape index (κ3) is 3.38. The molecule has 1 aromatic rings. The van der Waals surface area contributed by atoms with Crippen molar-refractivity contribution in [2.75, 3.05) is 13.1 Å². The van der Waals surface area contributed by atoms with E-state index >= 15 is 0 Å². The van der Waals surface area contributed by atoms with E-state index in [-0.39, 0.29) is 11.9 Å². The van der Waals surface area contributed by atoms with Gasteiger partial charge in [0.2, 0.25) is 5.91 Å². The maximum absolute atomic E-state index is 12.1. The van der Waals surface area contributed by atoms with E-state index in [1.807, 2.05) is 30.3 Å². The predicted octanol–water partition coefficient (Wildman–Crippen LogP) is 1.43. The lowest BCUT2D eigenvalue weighted by Crippen LogP contribution is -2.38. The highest BCUT2D eigenvalue weighted by Gasteiger charge is 2.34. The molecule has 20 heavy (non-hydrogen) atoms. The van der Waals surface area contributed by atoms with Gasteiger partial charge in [-0.05, 0) is 24.8 Å². The van der Waals surface area contributed by atoms with E-state index in [4.69, 9.17) is 5.73 Å². The Hall–Kier alpha value is -1.39. The molecule has 108 valence electrons. The molecule has 1 aliphatic carbocycles. The zero-order chi connectivity index (χ0) is 13.9. The zero-order valence-electron chi connectivity index (χ0n) is 11.8. The van der Waals surface area contributed by atoms with Crippen LogP contribution in [0.15, 0.2) is 30.3 Å². The van der Waals surface area contributed by atoms with Crippen molar-refractivity contribution in [2.24, 2.45) is 5.73 Å². The van der Waals surface area contributed by atoms with Crippen LogP contribution in [0.25, 0.3) is 0 Å². The average molecular weight is 273 g/mol. The summed E-state index contributed by atoms with van der Waals surface area (Å²) in [6, 6.07) is 10.7. The van der Waals surface area contributed by atoms with E-state index in [0.717, 1.165) is 31.1 Å². The molecule has 1 heterocycles. The first-order chi connectivity index (χ1) is 9.72. The van der Waals surface area contributed by atoms with Crippen molar-refractivity contribution in [1.29, 1.82) is 0 Å². The van der Waals surface area contributed by atoms with E-state index in [2.05, 4.69) is 10.2 Å². The average Bonchev–Trinajstić information content (AvgIpc) is 3.20. The maximum Gasteiger partial charge on any atom is 0.222 e. The van der Waals surface area contributed by atoms with Gasteiger partial charge in [-0.3, -0.25) is 9.69 Å². The Labute approximate surface area is 120 Å². The second kappa shape index (κ2) is 5.94. The molecule has 0 radical (unpaired) electrons. The SMILES string of the molecule is NC(CC(=O)NC1CCN(C2CC2)C1)c1ccccc1. The summed E-state index contributed by atoms with van der Waals surface area (Å²) in [6.45, 7) is 2.14. The van der Waals surface area contributed by atoms with Crippen LogP contribution in [0.3, 0.4) is 0 Å². The highest BCUT2D eigenvalue weighted by molar-refractivity contribution is 5.77. The minimum Gasteiger partial charge on any atom is -0.352 e. The number of rotatable bonds is 5. The topological polar surface area (TPSA) is 58.4 Å². The van der Waals surface area contributed by atoms with Crippen molar-refractivity contribution >= 4 is 5.91 Å². The van der Waals surface area contributed by atoms with E-state index in [0.29, 0.717) is 12.5 Å². The Kier molecular flexibility index (Phi) is 4.03. The molecule has 3 N–H and O–H groups in total. The maximum atomic E-state index is 12.1. The number of hydrogen-bond acceptors (Lipinski definition) is 3. The number of carbonyl (C=O) groups excluding carboxylic acids is 1. The van der Waals surface area contributed by atoms with Gasteiger partial charge in [0.05, 0.1) is 0 Å². The van der Waals surface area contributed by atoms with Crippen LogP contribution in [0.4, 0.5) is 0 Å². The lowest BCUT2D eigenvalue weighted by Gasteiger charge is -2.17. The molecule has 2 fully saturated rings. The summed E-state index contributed by atoms with van der Waals surface area (Å²) in [5, 5.41) is 3.13. The van der Waals surface area contributed by atoms with Crippen molar-refractivity contribution in [2.45, 2.75) is 43.8 Å². The van der Waals surface area contributed by atoms with Crippen LogP contribution in [0.1, 0.15) is 37.3 Å². The summed E-state index contributed by atoms with van der Waals surface area (Å²) in [5.74, 6) is 0.0731. The van der Waals surface area contributed by atoms with Crippen LogP contribution in [0, 0.1) is 0 Å². The second-order valence-electron chi connectivity index (χ2n) is 6.00. The first kappa shape index (κ1) is 13.6. The van der Waals surface area contributed by atoms with Crippen molar-refractivity contribution in [3.63, 3.8) is 0 Å². The molecule has 2 unspecified atom stereocenters. The number of nitrogens with zero attached hydrogens (tertiary/aromatic N) is 1. The summed E-state index contributed by atoms with van der Waals surface area (Å²) in [4.78, 5) is 14.6. The van der Waals surface area contributed by atoms with Gasteiger partial charge < -0.3 is 11.1 Å². The number of nitrogens with one attached hydrogen (secondary N) is 1. The lowest BCUT2D eigenvalue weighted by molar-refractivity contribution is -0.122. The molecule has 0 aromatic heterocycles. The molecule has 3 rings (SSSR count). The van der Waals surface area contributed by atoms with Crippen molar-refractivity contribution < 1.29 is 4.79 Å². The fourth-order valence-electron chi connectivity index (χ4n) is 2.98. The molecule has 4 heteroatoms. The molecule has 1 aromatic carbocycles. The highest BCUT2D eigenvalue weighted by atomic mass is 16.1. The molecular formula is C16H23N3O. The Bertz CT molecular complexity index is 458. The monoisotopic (exact) mass is 273 g/mol. The van der Waals surface area contributed by atoms with Gasteiger partial charge in [-0.25, -0.2) is 0 Å². The van der Waals surface area contributed by atoms with Gasteiger partial charge in [0.1, 0.15) is 0 Å². The molecule has 1 amide bonds. The van der Waals surface area contributed by atoms with Gasteiger partial charge in [-0.1, -0.05) is 30.3 Å². The minimum atomic E-state index is -0.211. The summed E-state index contributed by atoms with van der Waals surface area (Å²) < 4.78 is 0. The molecule has 1 aliphatic heterocycles. The quantitative estimate of drug-likeness (QED) is 0.853. The molecule has 1 saturated heterocycles. The van der Waals surface area contributed by atoms with Gasteiger partial charge in [0, 0.05) is 37.6 Å². The van der Waals surface area contributed by atoms with Crippen molar-refractivity contribution in [3.05, 3.63) is 35.9 Å². The Morgan fingerprint density at radius 2 is 2.05 bits per heavy atom. The first-order valence-corrected chi connectivity index (χ1v) is 7.56. The number of amides is 1. The molecule has 0 bridgehead atoms. The van der Waals surface area contributed by atoms with Gasteiger partial charge in [0.15, 0.2) is 0 Å². The first-order valence-electron chi connectivity index (χ1n) is 7.56. The minimum absolute atomic E-state index is 0.0731. The summed E-state index contributed by atoms with van der Waals surface area (Å²) in [6.07, 6.45) is 4.10. The summed E-state index contributed by atoms with van der Waals surface area (Å²) >= 11 is 0. The van der Waals surface area contributed by atoms with Crippen molar-refractivity contribution in [3.8, 4) is 0 Å². The largest absolute Gasteiger partial charge is 0.352 e. The lowest BCUT2D eigenvalue weighted by atomic mass is 10.0. The van der Waals surface area contributed by atoms with Crippen LogP contribution in [0.2, 0.25) is 0 Å². The summed E-state index contributed by atoms with van der Waals surface area (Å²) in [5.41, 5.74) is 7.11. The number of hydrogen-bond donors (Lipinski definition) is 2. The van der Waals surface area contributed by atoms with Crippen LogP contribution in [0.5, 0.6) is 0 Å². The van der Waals surface area contributed by atoms with Crippen molar-refractivity contribution in [1.82, 2.24) is 10.2 Å². The summed E-state index contributed by atoms with van der Waals surface area (Å²) in [7, 11) is 0. The van der Waals surface area contributed by atoms with Gasteiger partial charge in [-0.2, -0.15) is 0 Å². The molecule has 0 spiro atoms. The Morgan fingerprint density at radius 3 is 2.75 bits per heavy atom. The predicted molar refractivity (Wildman–Crippen MR) is 79.1 cm³/mol. The standard InChI is InChI=1S/C16H23N3O/c17-15(12-4-2-1-3-5-12)10-16(20)18-13-8-9-19(11-13)14-6-7-14/h1-5,13-15H,6-11,17H2,(H,18,20). The van der Waals surface area contributed by atoms with Gasteiger partial charge in [-0.15, -0.1) is 0 Å².